The molecular weight excluding hydrogens is 385 g/mol. The van der Waals surface area contributed by atoms with Crippen LogP contribution in [-0.4, -0.2) is 35.3 Å². The third-order valence-corrected chi connectivity index (χ3v) is 4.51. The Labute approximate surface area is 156 Å². The Morgan fingerprint density at radius 2 is 1.93 bits per heavy atom. The molecule has 3 rings (SSSR count). The number of anilines is 1. The first kappa shape index (κ1) is 19.7. The zero-order chi connectivity index (χ0) is 20.6. The maximum absolute atomic E-state index is 13.8. The fourth-order valence-electron chi connectivity index (χ4n) is 3.10. The van der Waals surface area contributed by atoms with Gasteiger partial charge in [-0.2, -0.15) is 13.2 Å². The fraction of sp³-hybridized carbons (Fsp3) is 0.278. The number of rotatable bonds is 3. The zero-order valence-electron chi connectivity index (χ0n) is 14.4. The maximum Gasteiger partial charge on any atom is 0.433 e. The molecule has 10 heteroatoms. The van der Waals surface area contributed by atoms with E-state index in [1.165, 1.54) is 18.0 Å². The van der Waals surface area contributed by atoms with E-state index in [-0.39, 0.29) is 12.1 Å². The lowest BCUT2D eigenvalue weighted by molar-refractivity contribution is -0.141. The van der Waals surface area contributed by atoms with Crippen LogP contribution in [0.3, 0.4) is 0 Å². The number of likely N-dealkylation sites (tertiary alicyclic amines) is 1. The molecule has 2 amide bonds. The quantitative estimate of drug-likeness (QED) is 0.637. The minimum absolute atomic E-state index is 0.0651. The van der Waals surface area contributed by atoms with Gasteiger partial charge in [0.1, 0.15) is 11.6 Å². The van der Waals surface area contributed by atoms with Crippen LogP contribution < -0.4 is 5.32 Å². The summed E-state index contributed by atoms with van der Waals surface area (Å²) in [5.41, 5.74) is -1.28. The van der Waals surface area contributed by atoms with Crippen molar-refractivity contribution in [3.8, 4) is 0 Å². The van der Waals surface area contributed by atoms with Gasteiger partial charge in [0.15, 0.2) is 11.6 Å². The highest BCUT2D eigenvalue weighted by Crippen LogP contribution is 2.35. The number of aromatic nitrogens is 1. The molecule has 2 atom stereocenters. The number of benzene rings is 1. The Morgan fingerprint density at radius 1 is 1.21 bits per heavy atom. The van der Waals surface area contributed by atoms with Crippen LogP contribution in [0.1, 0.15) is 17.2 Å². The monoisotopic (exact) mass is 399 g/mol. The van der Waals surface area contributed by atoms with Crippen LogP contribution in [0, 0.1) is 17.6 Å². The van der Waals surface area contributed by atoms with Gasteiger partial charge in [0, 0.05) is 25.7 Å². The van der Waals surface area contributed by atoms with E-state index in [1.807, 2.05) is 0 Å². The van der Waals surface area contributed by atoms with Gasteiger partial charge < -0.3 is 10.2 Å². The molecule has 0 bridgehead atoms. The number of hydrogen-bond donors (Lipinski definition) is 1. The van der Waals surface area contributed by atoms with Crippen molar-refractivity contribution in [2.75, 3.05) is 18.9 Å². The normalized spacial score (nSPS) is 19.8. The topological polar surface area (TPSA) is 62.3 Å². The number of alkyl halides is 3. The van der Waals surface area contributed by atoms with E-state index >= 15 is 0 Å². The lowest BCUT2D eigenvalue weighted by Gasteiger charge is -2.17. The number of halogens is 5. The maximum atomic E-state index is 13.8. The van der Waals surface area contributed by atoms with Gasteiger partial charge in [-0.1, -0.05) is 12.1 Å². The van der Waals surface area contributed by atoms with E-state index in [0.29, 0.717) is 0 Å². The van der Waals surface area contributed by atoms with Crippen molar-refractivity contribution in [1.82, 2.24) is 9.88 Å². The highest BCUT2D eigenvalue weighted by Gasteiger charge is 2.45. The Kier molecular flexibility index (Phi) is 5.05. The first-order valence-corrected chi connectivity index (χ1v) is 8.12. The molecule has 0 unspecified atom stereocenters. The first-order valence-electron chi connectivity index (χ1n) is 8.12. The summed E-state index contributed by atoms with van der Waals surface area (Å²) in [6.45, 7) is 0.0651. The smallest absolute Gasteiger partial charge is 0.344 e. The number of likely N-dealkylation sites (N-methyl/N-ethyl adjacent to an activating group) is 1. The van der Waals surface area contributed by atoms with Crippen molar-refractivity contribution in [2.45, 2.75) is 12.1 Å². The number of nitrogens with zero attached hydrogens (tertiary/aromatic N) is 2. The predicted octanol–water partition coefficient (Wildman–Crippen LogP) is 3.19. The molecule has 148 valence electrons. The van der Waals surface area contributed by atoms with Crippen molar-refractivity contribution in [3.05, 3.63) is 59.4 Å². The van der Waals surface area contributed by atoms with Crippen LogP contribution in [0.5, 0.6) is 0 Å². The highest BCUT2D eigenvalue weighted by molar-refractivity contribution is 6.08. The van der Waals surface area contributed by atoms with Gasteiger partial charge in [0.05, 0.1) is 5.69 Å². The van der Waals surface area contributed by atoms with Crippen LogP contribution in [0.4, 0.5) is 27.6 Å². The molecule has 1 aromatic heterocycles. The number of hydrogen-bond acceptors (Lipinski definition) is 3. The molecule has 0 aliphatic carbocycles. The second-order valence-electron chi connectivity index (χ2n) is 6.37. The fourth-order valence-corrected chi connectivity index (χ4v) is 3.10. The first-order chi connectivity index (χ1) is 13.1. The average molecular weight is 399 g/mol. The van der Waals surface area contributed by atoms with Gasteiger partial charge in [0.2, 0.25) is 11.8 Å². The largest absolute Gasteiger partial charge is 0.433 e. The molecule has 1 aliphatic heterocycles. The van der Waals surface area contributed by atoms with Crippen LogP contribution in [0.15, 0.2) is 36.5 Å². The van der Waals surface area contributed by atoms with Crippen LogP contribution in [0.2, 0.25) is 0 Å². The van der Waals surface area contributed by atoms with E-state index < -0.39 is 52.8 Å². The van der Waals surface area contributed by atoms with E-state index in [1.54, 1.807) is 0 Å². The Hall–Kier alpha value is -3.04. The third kappa shape index (κ3) is 3.67. The molecule has 0 radical (unpaired) electrons. The van der Waals surface area contributed by atoms with E-state index in [2.05, 4.69) is 10.3 Å². The Balaban J connectivity index is 1.88. The zero-order valence-corrected chi connectivity index (χ0v) is 14.4. The van der Waals surface area contributed by atoms with E-state index in [4.69, 9.17) is 0 Å². The molecule has 0 saturated carbocycles. The summed E-state index contributed by atoms with van der Waals surface area (Å²) >= 11 is 0. The highest BCUT2D eigenvalue weighted by atomic mass is 19.4. The summed E-state index contributed by atoms with van der Waals surface area (Å²) < 4.78 is 65.2. The molecule has 1 saturated heterocycles. The number of nitrogens with one attached hydrogen (secondary N) is 1. The van der Waals surface area contributed by atoms with Crippen molar-refractivity contribution < 1.29 is 31.5 Å². The van der Waals surface area contributed by atoms with Gasteiger partial charge in [-0.3, -0.25) is 14.6 Å². The SMILES string of the molecule is CN1C[C@@H](c2ccc(C(F)(F)F)nc2)[C@H](C(=O)Nc2cccc(F)c2F)C1=O. The van der Waals surface area contributed by atoms with E-state index in [0.717, 1.165) is 30.5 Å². The third-order valence-electron chi connectivity index (χ3n) is 4.51. The van der Waals surface area contributed by atoms with Crippen molar-refractivity contribution in [1.29, 1.82) is 0 Å². The summed E-state index contributed by atoms with van der Waals surface area (Å²) in [6.07, 6.45) is -3.66. The molecule has 0 spiro atoms. The summed E-state index contributed by atoms with van der Waals surface area (Å²) in [5, 5.41) is 2.18. The van der Waals surface area contributed by atoms with Gasteiger partial charge in [-0.05, 0) is 23.8 Å². The van der Waals surface area contributed by atoms with Crippen molar-refractivity contribution >= 4 is 17.5 Å². The summed E-state index contributed by atoms with van der Waals surface area (Å²) in [7, 11) is 1.43. The Bertz CT molecular complexity index is 914. The molecule has 2 heterocycles. The van der Waals surface area contributed by atoms with Crippen LogP contribution in [0.25, 0.3) is 0 Å². The van der Waals surface area contributed by atoms with Crippen molar-refractivity contribution in [2.24, 2.45) is 5.92 Å². The summed E-state index contributed by atoms with van der Waals surface area (Å²) in [4.78, 5) is 29.6. The van der Waals surface area contributed by atoms with Gasteiger partial charge in [0.25, 0.3) is 0 Å². The molecule has 2 aromatic rings. The van der Waals surface area contributed by atoms with Gasteiger partial charge in [-0.25, -0.2) is 8.78 Å². The summed E-state index contributed by atoms with van der Waals surface area (Å²) in [5.74, 6) is -6.02. The molecule has 1 N–H and O–H groups in total. The number of carbonyl (C=O) groups excluding carboxylic acids is 2. The molecule has 28 heavy (non-hydrogen) atoms. The molecule has 1 aromatic carbocycles. The van der Waals surface area contributed by atoms with E-state index in [9.17, 15) is 31.5 Å². The lowest BCUT2D eigenvalue weighted by Crippen LogP contribution is -2.33. The Morgan fingerprint density at radius 3 is 2.54 bits per heavy atom. The number of pyridine rings is 1. The second kappa shape index (κ2) is 7.17. The minimum Gasteiger partial charge on any atom is -0.344 e. The molecular formula is C18H14F5N3O2. The van der Waals surface area contributed by atoms with Crippen LogP contribution >= 0.6 is 0 Å². The second-order valence-corrected chi connectivity index (χ2v) is 6.37. The molecule has 5 nitrogen and oxygen atoms in total. The minimum atomic E-state index is -4.62. The number of carbonyl (C=O) groups is 2. The summed E-state index contributed by atoms with van der Waals surface area (Å²) in [6, 6.07) is 5.10. The lowest BCUT2D eigenvalue weighted by atomic mass is 9.88. The number of amides is 2. The predicted molar refractivity (Wildman–Crippen MR) is 88.1 cm³/mol. The van der Waals surface area contributed by atoms with Crippen LogP contribution in [-0.2, 0) is 15.8 Å². The van der Waals surface area contributed by atoms with Crippen molar-refractivity contribution in [3.63, 3.8) is 0 Å². The average Bonchev–Trinajstić information content (AvgIpc) is 2.93. The molecule has 1 fully saturated rings. The molecule has 1 aliphatic rings. The standard InChI is InChI=1S/C18H14F5N3O2/c1-26-8-10(9-5-6-13(24-7-9)18(21,22)23)14(17(26)28)16(27)25-12-4-2-3-11(19)15(12)20/h2-7,10,14H,8H2,1H3,(H,25,27)/t10-,14+/m0/s1. The van der Waals surface area contributed by atoms with Gasteiger partial charge >= 0.3 is 6.18 Å². The van der Waals surface area contributed by atoms with Gasteiger partial charge in [-0.15, -0.1) is 0 Å².